The Morgan fingerprint density at radius 3 is 1.95 bits per heavy atom. The molecule has 4 rings (SSSR count). The summed E-state index contributed by atoms with van der Waals surface area (Å²) >= 11 is 3.59. The Morgan fingerprint density at radius 1 is 0.524 bits per heavy atom. The van der Waals surface area contributed by atoms with Crippen LogP contribution in [0.1, 0.15) is 0 Å². The van der Waals surface area contributed by atoms with E-state index in [4.69, 9.17) is 0 Å². The highest BCUT2D eigenvalue weighted by molar-refractivity contribution is 9.10. The summed E-state index contributed by atoms with van der Waals surface area (Å²) in [5.74, 6) is 0. The van der Waals surface area contributed by atoms with Gasteiger partial charge in [-0.05, 0) is 44.8 Å². The lowest BCUT2D eigenvalue weighted by Gasteiger charge is -2.10. The van der Waals surface area contributed by atoms with E-state index in [1.165, 1.54) is 32.7 Å². The van der Waals surface area contributed by atoms with E-state index in [0.717, 1.165) is 4.47 Å². The summed E-state index contributed by atoms with van der Waals surface area (Å²) in [6.07, 6.45) is 0. The lowest BCUT2D eigenvalue weighted by atomic mass is 9.94. The van der Waals surface area contributed by atoms with Crippen LogP contribution in [0, 0.1) is 0 Å². The number of hydrogen-bond donors (Lipinski definition) is 0. The Balaban J connectivity index is 2.12. The summed E-state index contributed by atoms with van der Waals surface area (Å²) in [6, 6.07) is 28.0. The molecular formula is C20H13Br. The molecule has 0 saturated heterocycles. The van der Waals surface area contributed by atoms with Gasteiger partial charge in [0.15, 0.2) is 0 Å². The number of rotatable bonds is 1. The minimum atomic E-state index is 1.11. The minimum absolute atomic E-state index is 1.11. The van der Waals surface area contributed by atoms with Crippen molar-refractivity contribution >= 4 is 37.5 Å². The zero-order valence-electron chi connectivity index (χ0n) is 11.4. The summed E-state index contributed by atoms with van der Waals surface area (Å²) in [7, 11) is 0. The van der Waals surface area contributed by atoms with Gasteiger partial charge < -0.3 is 0 Å². The van der Waals surface area contributed by atoms with Crippen molar-refractivity contribution in [2.45, 2.75) is 0 Å². The lowest BCUT2D eigenvalue weighted by molar-refractivity contribution is 1.67. The van der Waals surface area contributed by atoms with Crippen LogP contribution in [0.3, 0.4) is 0 Å². The van der Waals surface area contributed by atoms with Gasteiger partial charge in [0.1, 0.15) is 0 Å². The number of hydrogen-bond acceptors (Lipinski definition) is 0. The van der Waals surface area contributed by atoms with Crippen molar-refractivity contribution in [3.05, 3.63) is 83.3 Å². The van der Waals surface area contributed by atoms with Crippen LogP contribution in [0.2, 0.25) is 0 Å². The number of fused-ring (bicyclic) bond motifs is 2. The standard InChI is InChI=1S/C20H13Br/c21-16-12-11-15-7-4-10-19(20(15)13-16)18-9-3-6-14-5-1-2-8-17(14)18/h1-13H. The maximum absolute atomic E-state index is 3.59. The summed E-state index contributed by atoms with van der Waals surface area (Å²) < 4.78 is 1.11. The molecule has 4 aromatic carbocycles. The summed E-state index contributed by atoms with van der Waals surface area (Å²) in [5, 5.41) is 5.13. The van der Waals surface area contributed by atoms with Gasteiger partial charge in [0, 0.05) is 4.47 Å². The van der Waals surface area contributed by atoms with Crippen molar-refractivity contribution in [3.63, 3.8) is 0 Å². The van der Waals surface area contributed by atoms with Crippen molar-refractivity contribution < 1.29 is 0 Å². The largest absolute Gasteiger partial charge is 0.0616 e. The van der Waals surface area contributed by atoms with Crippen LogP contribution < -0.4 is 0 Å². The molecule has 21 heavy (non-hydrogen) atoms. The van der Waals surface area contributed by atoms with E-state index in [2.05, 4.69) is 94.8 Å². The maximum Gasteiger partial charge on any atom is 0.0181 e. The molecule has 0 amide bonds. The second-order valence-electron chi connectivity index (χ2n) is 5.20. The van der Waals surface area contributed by atoms with E-state index in [-0.39, 0.29) is 0 Å². The molecule has 0 N–H and O–H groups in total. The Hall–Kier alpha value is -2.12. The fourth-order valence-electron chi connectivity index (χ4n) is 2.94. The third-order valence-electron chi connectivity index (χ3n) is 3.92. The van der Waals surface area contributed by atoms with Crippen LogP contribution in [0.5, 0.6) is 0 Å². The molecule has 4 aromatic rings. The van der Waals surface area contributed by atoms with Crippen LogP contribution in [0.25, 0.3) is 32.7 Å². The topological polar surface area (TPSA) is 0 Å². The third kappa shape index (κ3) is 2.14. The SMILES string of the molecule is Brc1ccc2cccc(-c3cccc4ccccc34)c2c1. The quantitative estimate of drug-likeness (QED) is 0.377. The Labute approximate surface area is 132 Å². The molecule has 0 aromatic heterocycles. The molecule has 0 aliphatic carbocycles. The molecule has 0 nitrogen and oxygen atoms in total. The van der Waals surface area contributed by atoms with Gasteiger partial charge in [-0.15, -0.1) is 0 Å². The molecule has 0 unspecified atom stereocenters. The normalized spacial score (nSPS) is 11.1. The van der Waals surface area contributed by atoms with Gasteiger partial charge in [-0.3, -0.25) is 0 Å². The predicted molar refractivity (Wildman–Crippen MR) is 94.6 cm³/mol. The van der Waals surface area contributed by atoms with Crippen LogP contribution in [0.4, 0.5) is 0 Å². The smallest absolute Gasteiger partial charge is 0.0181 e. The van der Waals surface area contributed by atoms with E-state index < -0.39 is 0 Å². The summed E-state index contributed by atoms with van der Waals surface area (Å²) in [5.41, 5.74) is 2.57. The molecule has 0 radical (unpaired) electrons. The monoisotopic (exact) mass is 332 g/mol. The van der Waals surface area contributed by atoms with Gasteiger partial charge in [0.05, 0.1) is 0 Å². The Kier molecular flexibility index (Phi) is 3.01. The molecule has 0 atom stereocenters. The van der Waals surface area contributed by atoms with Crippen LogP contribution in [0.15, 0.2) is 83.3 Å². The van der Waals surface area contributed by atoms with Gasteiger partial charge in [0.25, 0.3) is 0 Å². The van der Waals surface area contributed by atoms with Crippen LogP contribution >= 0.6 is 15.9 Å². The molecule has 0 fully saturated rings. The van der Waals surface area contributed by atoms with E-state index >= 15 is 0 Å². The van der Waals surface area contributed by atoms with E-state index in [9.17, 15) is 0 Å². The predicted octanol–water partition coefficient (Wildman–Crippen LogP) is 6.42. The van der Waals surface area contributed by atoms with Crippen molar-refractivity contribution in [1.82, 2.24) is 0 Å². The van der Waals surface area contributed by atoms with Crippen LogP contribution in [-0.2, 0) is 0 Å². The second kappa shape index (κ2) is 5.01. The second-order valence-corrected chi connectivity index (χ2v) is 6.11. The maximum atomic E-state index is 3.59. The molecule has 0 aliphatic rings. The first-order chi connectivity index (χ1) is 10.3. The summed E-state index contributed by atoms with van der Waals surface area (Å²) in [4.78, 5) is 0. The first-order valence-electron chi connectivity index (χ1n) is 6.99. The van der Waals surface area contributed by atoms with Gasteiger partial charge in [-0.25, -0.2) is 0 Å². The van der Waals surface area contributed by atoms with Gasteiger partial charge in [-0.2, -0.15) is 0 Å². The summed E-state index contributed by atoms with van der Waals surface area (Å²) in [6.45, 7) is 0. The molecule has 100 valence electrons. The zero-order valence-corrected chi connectivity index (χ0v) is 13.0. The lowest BCUT2D eigenvalue weighted by Crippen LogP contribution is -1.84. The highest BCUT2D eigenvalue weighted by atomic mass is 79.9. The highest BCUT2D eigenvalue weighted by Crippen LogP contribution is 2.34. The molecule has 0 aliphatic heterocycles. The van der Waals surface area contributed by atoms with E-state index in [1.54, 1.807) is 0 Å². The molecule has 1 heteroatoms. The first kappa shape index (κ1) is 12.6. The van der Waals surface area contributed by atoms with Crippen LogP contribution in [-0.4, -0.2) is 0 Å². The van der Waals surface area contributed by atoms with Crippen molar-refractivity contribution in [2.75, 3.05) is 0 Å². The highest BCUT2D eigenvalue weighted by Gasteiger charge is 2.07. The average Bonchev–Trinajstić information content (AvgIpc) is 2.54. The van der Waals surface area contributed by atoms with Crippen molar-refractivity contribution in [1.29, 1.82) is 0 Å². The van der Waals surface area contributed by atoms with E-state index in [0.29, 0.717) is 0 Å². The molecule has 0 spiro atoms. The zero-order chi connectivity index (χ0) is 14.2. The molecule has 0 heterocycles. The van der Waals surface area contributed by atoms with Gasteiger partial charge in [-0.1, -0.05) is 82.7 Å². The number of benzene rings is 4. The fraction of sp³-hybridized carbons (Fsp3) is 0. The van der Waals surface area contributed by atoms with Gasteiger partial charge >= 0.3 is 0 Å². The third-order valence-corrected chi connectivity index (χ3v) is 4.42. The van der Waals surface area contributed by atoms with Gasteiger partial charge in [0.2, 0.25) is 0 Å². The Bertz CT molecular complexity index is 949. The van der Waals surface area contributed by atoms with Crippen molar-refractivity contribution in [3.8, 4) is 11.1 Å². The molecule has 0 bridgehead atoms. The van der Waals surface area contributed by atoms with E-state index in [1.807, 2.05) is 0 Å². The van der Waals surface area contributed by atoms with Crippen molar-refractivity contribution in [2.24, 2.45) is 0 Å². The first-order valence-corrected chi connectivity index (χ1v) is 7.79. The Morgan fingerprint density at radius 2 is 1.14 bits per heavy atom. The number of halogens is 1. The average molecular weight is 333 g/mol. The minimum Gasteiger partial charge on any atom is -0.0616 e. The fourth-order valence-corrected chi connectivity index (χ4v) is 3.30. The molecule has 0 saturated carbocycles. The molecular weight excluding hydrogens is 320 g/mol.